The second kappa shape index (κ2) is 8.00. The standard InChI is InChI=1S/C16H22N2O2S/c1-17-8-3-6-14(17)13-18(9-5-10-20-2)16(19)12-15-7-4-11-21-15/h3-4,6-8,11H,5,9-10,12-13H2,1-2H3. The maximum Gasteiger partial charge on any atom is 0.228 e. The van der Waals surface area contributed by atoms with Crippen molar-refractivity contribution in [1.82, 2.24) is 9.47 Å². The van der Waals surface area contributed by atoms with Crippen LogP contribution < -0.4 is 0 Å². The van der Waals surface area contributed by atoms with E-state index in [0.717, 1.165) is 23.5 Å². The van der Waals surface area contributed by atoms with Crippen molar-refractivity contribution in [3.63, 3.8) is 0 Å². The molecule has 2 heterocycles. The molecule has 114 valence electrons. The number of aromatic nitrogens is 1. The molecule has 0 aliphatic heterocycles. The fraction of sp³-hybridized carbons (Fsp3) is 0.438. The minimum atomic E-state index is 0.176. The maximum absolute atomic E-state index is 12.5. The summed E-state index contributed by atoms with van der Waals surface area (Å²) in [5, 5.41) is 2.01. The molecular formula is C16H22N2O2S. The predicted octanol–water partition coefficient (Wildman–Crippen LogP) is 2.69. The zero-order valence-corrected chi connectivity index (χ0v) is 13.4. The summed E-state index contributed by atoms with van der Waals surface area (Å²) < 4.78 is 7.15. The lowest BCUT2D eigenvalue weighted by atomic mass is 10.2. The van der Waals surface area contributed by atoms with Crippen LogP contribution in [0.3, 0.4) is 0 Å². The summed E-state index contributed by atoms with van der Waals surface area (Å²) in [6, 6.07) is 8.06. The molecule has 4 nitrogen and oxygen atoms in total. The minimum Gasteiger partial charge on any atom is -0.385 e. The van der Waals surface area contributed by atoms with Gasteiger partial charge in [0.2, 0.25) is 5.91 Å². The van der Waals surface area contributed by atoms with Gasteiger partial charge in [-0.2, -0.15) is 0 Å². The van der Waals surface area contributed by atoms with Crippen LogP contribution in [0.15, 0.2) is 35.8 Å². The zero-order valence-electron chi connectivity index (χ0n) is 12.6. The molecule has 2 rings (SSSR count). The fourth-order valence-corrected chi connectivity index (χ4v) is 2.92. The highest BCUT2D eigenvalue weighted by atomic mass is 32.1. The van der Waals surface area contributed by atoms with Gasteiger partial charge in [-0.1, -0.05) is 6.07 Å². The molecule has 0 aromatic carbocycles. The van der Waals surface area contributed by atoms with Crippen molar-refractivity contribution in [2.45, 2.75) is 19.4 Å². The summed E-state index contributed by atoms with van der Waals surface area (Å²) in [5.74, 6) is 0.176. The lowest BCUT2D eigenvalue weighted by Crippen LogP contribution is -2.33. The molecule has 1 amide bonds. The summed E-state index contributed by atoms with van der Waals surface area (Å²) in [6.45, 7) is 2.05. The SMILES string of the molecule is COCCCN(Cc1cccn1C)C(=O)Cc1cccs1. The number of methoxy groups -OCH3 is 1. The average Bonchev–Trinajstić information content (AvgIpc) is 3.10. The molecule has 0 N–H and O–H groups in total. The Morgan fingerprint density at radius 2 is 2.24 bits per heavy atom. The van der Waals surface area contributed by atoms with Crippen molar-refractivity contribution in [2.75, 3.05) is 20.3 Å². The topological polar surface area (TPSA) is 34.5 Å². The van der Waals surface area contributed by atoms with E-state index < -0.39 is 0 Å². The number of amides is 1. The Kier molecular flexibility index (Phi) is 6.02. The van der Waals surface area contributed by atoms with Gasteiger partial charge < -0.3 is 14.2 Å². The Bertz CT molecular complexity index is 548. The maximum atomic E-state index is 12.5. The highest BCUT2D eigenvalue weighted by molar-refractivity contribution is 7.10. The molecule has 0 unspecified atom stereocenters. The van der Waals surface area contributed by atoms with Crippen molar-refractivity contribution >= 4 is 17.2 Å². The van der Waals surface area contributed by atoms with E-state index >= 15 is 0 Å². The Hall–Kier alpha value is -1.59. The van der Waals surface area contributed by atoms with Crippen molar-refractivity contribution in [3.8, 4) is 0 Å². The Morgan fingerprint density at radius 3 is 2.86 bits per heavy atom. The first kappa shape index (κ1) is 15.8. The highest BCUT2D eigenvalue weighted by Gasteiger charge is 2.16. The molecular weight excluding hydrogens is 284 g/mol. The van der Waals surface area contributed by atoms with Crippen molar-refractivity contribution in [1.29, 1.82) is 0 Å². The number of aryl methyl sites for hydroxylation is 1. The number of rotatable bonds is 8. The summed E-state index contributed by atoms with van der Waals surface area (Å²) in [6.07, 6.45) is 3.35. The van der Waals surface area contributed by atoms with Crippen molar-refractivity contribution in [2.24, 2.45) is 7.05 Å². The molecule has 0 bridgehead atoms. The van der Waals surface area contributed by atoms with E-state index in [-0.39, 0.29) is 5.91 Å². The first-order valence-corrected chi connectivity index (χ1v) is 7.98. The summed E-state index contributed by atoms with van der Waals surface area (Å²) in [7, 11) is 3.70. The molecule has 0 radical (unpaired) electrons. The smallest absolute Gasteiger partial charge is 0.228 e. The Labute approximate surface area is 130 Å². The van der Waals surface area contributed by atoms with Gasteiger partial charge in [0, 0.05) is 44.1 Å². The van der Waals surface area contributed by atoms with Crippen molar-refractivity contribution in [3.05, 3.63) is 46.4 Å². The third kappa shape index (κ3) is 4.72. The third-order valence-corrected chi connectivity index (χ3v) is 4.32. The molecule has 0 saturated heterocycles. The number of ether oxygens (including phenoxy) is 1. The van der Waals surface area contributed by atoms with Gasteiger partial charge in [-0.15, -0.1) is 11.3 Å². The number of nitrogens with zero attached hydrogens (tertiary/aromatic N) is 2. The number of carbonyl (C=O) groups excluding carboxylic acids is 1. The second-order valence-electron chi connectivity index (χ2n) is 5.03. The number of hydrogen-bond acceptors (Lipinski definition) is 3. The molecule has 5 heteroatoms. The van der Waals surface area contributed by atoms with E-state index in [0.29, 0.717) is 19.6 Å². The van der Waals surface area contributed by atoms with Crippen LogP contribution in [-0.4, -0.2) is 35.6 Å². The van der Waals surface area contributed by atoms with E-state index in [1.807, 2.05) is 41.7 Å². The van der Waals surface area contributed by atoms with E-state index in [2.05, 4.69) is 10.6 Å². The van der Waals surface area contributed by atoms with Gasteiger partial charge in [-0.25, -0.2) is 0 Å². The molecule has 2 aromatic heterocycles. The Morgan fingerprint density at radius 1 is 1.38 bits per heavy atom. The van der Waals surface area contributed by atoms with E-state index in [4.69, 9.17) is 4.74 Å². The summed E-state index contributed by atoms with van der Waals surface area (Å²) in [4.78, 5) is 15.6. The lowest BCUT2D eigenvalue weighted by Gasteiger charge is -2.23. The van der Waals surface area contributed by atoms with Crippen LogP contribution in [0.25, 0.3) is 0 Å². The van der Waals surface area contributed by atoms with Crippen LogP contribution in [0.5, 0.6) is 0 Å². The predicted molar refractivity (Wildman–Crippen MR) is 85.3 cm³/mol. The van der Waals surface area contributed by atoms with Gasteiger partial charge in [0.15, 0.2) is 0 Å². The molecule has 0 saturated carbocycles. The molecule has 0 fully saturated rings. The van der Waals surface area contributed by atoms with Gasteiger partial charge >= 0.3 is 0 Å². The van der Waals surface area contributed by atoms with Gasteiger partial charge in [0.05, 0.1) is 13.0 Å². The minimum absolute atomic E-state index is 0.176. The molecule has 0 atom stereocenters. The number of thiophene rings is 1. The highest BCUT2D eigenvalue weighted by Crippen LogP contribution is 2.13. The quantitative estimate of drug-likeness (QED) is 0.703. The first-order chi connectivity index (χ1) is 10.2. The fourth-order valence-electron chi connectivity index (χ4n) is 2.22. The number of hydrogen-bond donors (Lipinski definition) is 0. The monoisotopic (exact) mass is 306 g/mol. The molecule has 2 aromatic rings. The first-order valence-electron chi connectivity index (χ1n) is 7.10. The van der Waals surface area contributed by atoms with Gasteiger partial charge in [-0.3, -0.25) is 4.79 Å². The zero-order chi connectivity index (χ0) is 15.1. The van der Waals surface area contributed by atoms with Crippen molar-refractivity contribution < 1.29 is 9.53 Å². The molecule has 0 spiro atoms. The Balaban J connectivity index is 2.00. The third-order valence-electron chi connectivity index (χ3n) is 3.44. The second-order valence-corrected chi connectivity index (χ2v) is 6.06. The van der Waals surface area contributed by atoms with Crippen LogP contribution >= 0.6 is 11.3 Å². The molecule has 21 heavy (non-hydrogen) atoms. The lowest BCUT2D eigenvalue weighted by molar-refractivity contribution is -0.131. The molecule has 0 aliphatic rings. The summed E-state index contributed by atoms with van der Waals surface area (Å²) in [5.41, 5.74) is 1.15. The average molecular weight is 306 g/mol. The van der Waals surface area contributed by atoms with E-state index in [1.54, 1.807) is 18.4 Å². The van der Waals surface area contributed by atoms with Crippen LogP contribution in [0.1, 0.15) is 17.0 Å². The molecule has 0 aliphatic carbocycles. The van der Waals surface area contributed by atoms with Crippen LogP contribution in [0, 0.1) is 0 Å². The van der Waals surface area contributed by atoms with Crippen LogP contribution in [0.2, 0.25) is 0 Å². The normalized spacial score (nSPS) is 10.8. The van der Waals surface area contributed by atoms with E-state index in [1.165, 1.54) is 0 Å². The van der Waals surface area contributed by atoms with Gasteiger partial charge in [0.25, 0.3) is 0 Å². The largest absolute Gasteiger partial charge is 0.385 e. The summed E-state index contributed by atoms with van der Waals surface area (Å²) >= 11 is 1.63. The number of carbonyl (C=O) groups is 1. The van der Waals surface area contributed by atoms with Gasteiger partial charge in [0.1, 0.15) is 0 Å². The van der Waals surface area contributed by atoms with Crippen LogP contribution in [0.4, 0.5) is 0 Å². The van der Waals surface area contributed by atoms with E-state index in [9.17, 15) is 4.79 Å². The van der Waals surface area contributed by atoms with Crippen LogP contribution in [-0.2, 0) is 29.5 Å². The van der Waals surface area contributed by atoms with Gasteiger partial charge in [-0.05, 0) is 30.0 Å².